The second-order valence-corrected chi connectivity index (χ2v) is 4.37. The lowest BCUT2D eigenvalue weighted by Gasteiger charge is -2.17. The predicted octanol–water partition coefficient (Wildman–Crippen LogP) is 1.49. The first-order chi connectivity index (χ1) is 9.63. The normalized spacial score (nSPS) is 12.7. The second-order valence-electron chi connectivity index (χ2n) is 4.37. The summed E-state index contributed by atoms with van der Waals surface area (Å²) >= 11 is 0. The van der Waals surface area contributed by atoms with Gasteiger partial charge in [0, 0.05) is 22.3 Å². The summed E-state index contributed by atoms with van der Waals surface area (Å²) in [7, 11) is 0. The van der Waals surface area contributed by atoms with Crippen molar-refractivity contribution in [3.63, 3.8) is 0 Å². The monoisotopic (exact) mass is 267 g/mol. The van der Waals surface area contributed by atoms with Crippen molar-refractivity contribution in [1.29, 1.82) is 0 Å². The Balaban J connectivity index is 2.21. The van der Waals surface area contributed by atoms with E-state index in [9.17, 15) is 14.4 Å². The molecule has 0 saturated carbocycles. The number of benzene rings is 2. The Morgan fingerprint density at radius 3 is 2.00 bits per heavy atom. The van der Waals surface area contributed by atoms with Crippen LogP contribution in [0.5, 0.6) is 0 Å². The zero-order valence-corrected chi connectivity index (χ0v) is 10.3. The van der Waals surface area contributed by atoms with Crippen LogP contribution in [-0.4, -0.2) is 17.5 Å². The molecule has 0 amide bonds. The van der Waals surface area contributed by atoms with E-state index in [0.717, 1.165) is 0 Å². The highest BCUT2D eigenvalue weighted by Crippen LogP contribution is 2.27. The molecule has 5 heteroatoms. The third-order valence-corrected chi connectivity index (χ3v) is 3.27. The van der Waals surface area contributed by atoms with Gasteiger partial charge < -0.3 is 4.84 Å². The first kappa shape index (κ1) is 12.3. The number of hydrogen-bond acceptors (Lipinski definition) is 5. The van der Waals surface area contributed by atoms with Gasteiger partial charge in [-0.3, -0.25) is 9.59 Å². The van der Waals surface area contributed by atoms with Crippen LogP contribution in [0.15, 0.2) is 42.5 Å². The van der Waals surface area contributed by atoms with Crippen molar-refractivity contribution < 1.29 is 19.2 Å². The largest absolute Gasteiger partial charge is 0.370 e. The topological polar surface area (TPSA) is 86.5 Å². The number of nitrogens with two attached hydrogens (primary N) is 1. The average molecular weight is 267 g/mol. The number of carbonyl (C=O) groups excluding carboxylic acids is 3. The zero-order chi connectivity index (χ0) is 14.3. The van der Waals surface area contributed by atoms with Crippen molar-refractivity contribution in [2.75, 3.05) is 0 Å². The first-order valence-corrected chi connectivity index (χ1v) is 5.87. The van der Waals surface area contributed by atoms with E-state index < -0.39 is 5.97 Å². The molecule has 2 aromatic rings. The van der Waals surface area contributed by atoms with Gasteiger partial charge >= 0.3 is 5.97 Å². The molecule has 2 aromatic carbocycles. The fourth-order valence-corrected chi connectivity index (χ4v) is 2.29. The van der Waals surface area contributed by atoms with Gasteiger partial charge in [0.2, 0.25) is 0 Å². The van der Waals surface area contributed by atoms with Gasteiger partial charge in [-0.2, -0.15) is 5.90 Å². The van der Waals surface area contributed by atoms with Crippen LogP contribution in [0.4, 0.5) is 0 Å². The Labute approximate surface area is 113 Å². The maximum Gasteiger partial charge on any atom is 0.356 e. The molecule has 3 rings (SSSR count). The number of carbonyl (C=O) groups is 3. The van der Waals surface area contributed by atoms with Gasteiger partial charge in [0.25, 0.3) is 0 Å². The summed E-state index contributed by atoms with van der Waals surface area (Å²) in [6.07, 6.45) is 0. The van der Waals surface area contributed by atoms with Crippen LogP contribution in [0, 0.1) is 0 Å². The van der Waals surface area contributed by atoms with Gasteiger partial charge in [-0.15, -0.1) is 0 Å². The maximum absolute atomic E-state index is 12.4. The highest BCUT2D eigenvalue weighted by molar-refractivity contribution is 6.28. The molecule has 1 aliphatic rings. The van der Waals surface area contributed by atoms with Crippen molar-refractivity contribution in [1.82, 2.24) is 0 Å². The van der Waals surface area contributed by atoms with Gasteiger partial charge in [0.05, 0.1) is 5.56 Å². The number of rotatable bonds is 1. The third-order valence-electron chi connectivity index (χ3n) is 3.27. The molecule has 20 heavy (non-hydrogen) atoms. The summed E-state index contributed by atoms with van der Waals surface area (Å²) in [6, 6.07) is 10.8. The molecule has 0 aliphatic heterocycles. The minimum atomic E-state index is -0.757. The number of hydrogen-bond donors (Lipinski definition) is 1. The molecule has 0 fully saturated rings. The molecular formula is C15H9NO4. The fraction of sp³-hybridized carbons (Fsp3) is 0. The van der Waals surface area contributed by atoms with E-state index in [4.69, 9.17) is 5.90 Å². The average Bonchev–Trinajstić information content (AvgIpc) is 2.51. The molecule has 0 bridgehead atoms. The molecule has 98 valence electrons. The maximum atomic E-state index is 12.4. The van der Waals surface area contributed by atoms with E-state index in [1.165, 1.54) is 18.2 Å². The molecule has 0 radical (unpaired) electrons. The zero-order valence-electron chi connectivity index (χ0n) is 10.3. The first-order valence-electron chi connectivity index (χ1n) is 5.87. The van der Waals surface area contributed by atoms with Crippen LogP contribution in [0.3, 0.4) is 0 Å². The van der Waals surface area contributed by atoms with Crippen LogP contribution < -0.4 is 5.90 Å². The van der Waals surface area contributed by atoms with Crippen LogP contribution in [0.2, 0.25) is 0 Å². The molecule has 0 aromatic heterocycles. The number of ketones is 2. The van der Waals surface area contributed by atoms with Crippen molar-refractivity contribution in [2.24, 2.45) is 5.90 Å². The Morgan fingerprint density at radius 2 is 1.40 bits per heavy atom. The molecule has 0 spiro atoms. The van der Waals surface area contributed by atoms with Gasteiger partial charge in [-0.05, 0) is 18.2 Å². The second kappa shape index (κ2) is 4.40. The lowest BCUT2D eigenvalue weighted by molar-refractivity contribution is 0.0503. The van der Waals surface area contributed by atoms with Gasteiger partial charge in [0.1, 0.15) is 0 Å². The minimum Gasteiger partial charge on any atom is -0.370 e. The quantitative estimate of drug-likeness (QED) is 0.675. The smallest absolute Gasteiger partial charge is 0.356 e. The van der Waals surface area contributed by atoms with Crippen molar-refractivity contribution in [3.8, 4) is 0 Å². The van der Waals surface area contributed by atoms with Crippen molar-refractivity contribution >= 4 is 17.5 Å². The van der Waals surface area contributed by atoms with Crippen LogP contribution in [0.1, 0.15) is 42.2 Å². The standard InChI is InChI=1S/C15H9NO4/c16-20-15(19)8-5-6-11-12(7-8)14(18)10-4-2-1-3-9(10)13(11)17/h1-7H,16H2. The van der Waals surface area contributed by atoms with E-state index >= 15 is 0 Å². The van der Waals surface area contributed by atoms with E-state index in [2.05, 4.69) is 4.84 Å². The summed E-state index contributed by atoms with van der Waals surface area (Å²) in [5.41, 5.74) is 1.31. The highest BCUT2D eigenvalue weighted by Gasteiger charge is 2.29. The number of fused-ring (bicyclic) bond motifs is 2. The Kier molecular flexibility index (Phi) is 2.69. The Hall–Kier alpha value is -2.79. The van der Waals surface area contributed by atoms with Crippen molar-refractivity contribution in [3.05, 3.63) is 70.3 Å². The van der Waals surface area contributed by atoms with Gasteiger partial charge in [0.15, 0.2) is 11.6 Å². The molecule has 0 atom stereocenters. The molecule has 0 unspecified atom stereocenters. The fourth-order valence-electron chi connectivity index (χ4n) is 2.29. The SMILES string of the molecule is NOC(=O)c1ccc2c(c1)C(=O)c1ccccc1C2=O. The minimum absolute atomic E-state index is 0.131. The Bertz CT molecular complexity index is 764. The molecular weight excluding hydrogens is 258 g/mol. The summed E-state index contributed by atoms with van der Waals surface area (Å²) in [4.78, 5) is 40.2. The lowest BCUT2D eigenvalue weighted by atomic mass is 9.83. The van der Waals surface area contributed by atoms with E-state index in [1.54, 1.807) is 24.3 Å². The molecule has 1 aliphatic carbocycles. The summed E-state index contributed by atoms with van der Waals surface area (Å²) < 4.78 is 0. The van der Waals surface area contributed by atoms with Gasteiger partial charge in [-0.25, -0.2) is 4.79 Å². The highest BCUT2D eigenvalue weighted by atomic mass is 16.7. The Morgan fingerprint density at radius 1 is 0.850 bits per heavy atom. The lowest BCUT2D eigenvalue weighted by Crippen LogP contribution is -2.21. The van der Waals surface area contributed by atoms with Crippen molar-refractivity contribution in [2.45, 2.75) is 0 Å². The summed E-state index contributed by atoms with van der Waals surface area (Å²) in [5, 5.41) is 0. The molecule has 0 saturated heterocycles. The predicted molar refractivity (Wildman–Crippen MR) is 69.4 cm³/mol. The van der Waals surface area contributed by atoms with Crippen LogP contribution >= 0.6 is 0 Å². The molecule has 2 N–H and O–H groups in total. The van der Waals surface area contributed by atoms with Gasteiger partial charge in [-0.1, -0.05) is 24.3 Å². The molecule has 5 nitrogen and oxygen atoms in total. The van der Waals surface area contributed by atoms with E-state index in [0.29, 0.717) is 11.1 Å². The summed E-state index contributed by atoms with van der Waals surface area (Å²) in [6.45, 7) is 0. The van der Waals surface area contributed by atoms with E-state index in [1.807, 2.05) is 0 Å². The summed E-state index contributed by atoms with van der Waals surface area (Å²) in [5.74, 6) is 3.54. The van der Waals surface area contributed by atoms with Crippen LogP contribution in [0.25, 0.3) is 0 Å². The van der Waals surface area contributed by atoms with E-state index in [-0.39, 0.29) is 28.3 Å². The molecule has 0 heterocycles. The van der Waals surface area contributed by atoms with Crippen LogP contribution in [-0.2, 0) is 4.84 Å². The third kappa shape index (κ3) is 1.64.